The summed E-state index contributed by atoms with van der Waals surface area (Å²) in [5.41, 5.74) is 0.984. The van der Waals surface area contributed by atoms with Gasteiger partial charge in [-0.15, -0.1) is 0 Å². The molecule has 146 valence electrons. The Morgan fingerprint density at radius 3 is 2.63 bits per heavy atom. The van der Waals surface area contributed by atoms with E-state index < -0.39 is 17.5 Å². The molecule has 0 unspecified atom stereocenters. The lowest BCUT2D eigenvalue weighted by Gasteiger charge is -2.34. The highest BCUT2D eigenvalue weighted by Gasteiger charge is 2.26. The molecular formula is C19H25FN4O3. The zero-order valence-corrected chi connectivity index (χ0v) is 16.1. The Bertz CT molecular complexity index is 830. The molecule has 1 saturated heterocycles. The van der Waals surface area contributed by atoms with E-state index in [2.05, 4.69) is 15.3 Å². The summed E-state index contributed by atoms with van der Waals surface area (Å²) < 4.78 is 25.0. The van der Waals surface area contributed by atoms with E-state index in [-0.39, 0.29) is 6.04 Å². The van der Waals surface area contributed by atoms with Crippen molar-refractivity contribution in [1.29, 1.82) is 0 Å². The fourth-order valence-corrected chi connectivity index (χ4v) is 3.15. The molecule has 0 spiro atoms. The van der Waals surface area contributed by atoms with Gasteiger partial charge in [-0.05, 0) is 39.7 Å². The van der Waals surface area contributed by atoms with Crippen molar-refractivity contribution in [3.8, 4) is 5.88 Å². The van der Waals surface area contributed by atoms with E-state index in [9.17, 15) is 9.18 Å². The van der Waals surface area contributed by atoms with Crippen LogP contribution in [0.15, 0.2) is 18.3 Å². The summed E-state index contributed by atoms with van der Waals surface area (Å²) in [5.74, 6) is -0.000525. The highest BCUT2D eigenvalue weighted by atomic mass is 19.1. The van der Waals surface area contributed by atoms with Gasteiger partial charge in [-0.2, -0.15) is 0 Å². The molecule has 3 rings (SSSR count). The molecule has 7 nitrogen and oxygen atoms in total. The molecule has 2 aromatic rings. The van der Waals surface area contributed by atoms with Gasteiger partial charge in [0.1, 0.15) is 16.8 Å². The molecule has 3 heterocycles. The number of pyridine rings is 2. The van der Waals surface area contributed by atoms with E-state index in [0.29, 0.717) is 48.5 Å². The summed E-state index contributed by atoms with van der Waals surface area (Å²) in [6, 6.07) is 3.46. The van der Waals surface area contributed by atoms with E-state index in [0.717, 1.165) is 0 Å². The van der Waals surface area contributed by atoms with Crippen molar-refractivity contribution in [2.75, 3.05) is 25.1 Å². The van der Waals surface area contributed by atoms with Crippen LogP contribution < -0.4 is 15.0 Å². The molecule has 27 heavy (non-hydrogen) atoms. The molecule has 0 bridgehead atoms. The van der Waals surface area contributed by atoms with Crippen molar-refractivity contribution in [3.05, 3.63) is 24.1 Å². The molecule has 0 atom stereocenters. The van der Waals surface area contributed by atoms with Gasteiger partial charge in [0.25, 0.3) is 0 Å². The van der Waals surface area contributed by atoms with Crippen LogP contribution in [0.3, 0.4) is 0 Å². The first-order valence-corrected chi connectivity index (χ1v) is 9.00. The van der Waals surface area contributed by atoms with Crippen LogP contribution in [-0.2, 0) is 4.74 Å². The molecule has 1 aliphatic heterocycles. The number of alkyl carbamates (subject to hydrolysis) is 1. The van der Waals surface area contributed by atoms with E-state index >= 15 is 0 Å². The summed E-state index contributed by atoms with van der Waals surface area (Å²) >= 11 is 0. The molecule has 8 heteroatoms. The fourth-order valence-electron chi connectivity index (χ4n) is 3.15. The number of methoxy groups -OCH3 is 1. The number of hydrogen-bond donors (Lipinski definition) is 1. The summed E-state index contributed by atoms with van der Waals surface area (Å²) in [4.78, 5) is 22.4. The number of anilines is 1. The van der Waals surface area contributed by atoms with Crippen LogP contribution in [0.25, 0.3) is 11.0 Å². The standard InChI is InChI=1S/C19H25FN4O3/c1-19(2,3)27-18(25)22-12-7-9-24(10-8-12)17-13(20)11-21-14-5-6-15(26-4)23-16(14)17/h5-6,11-12H,7-10H2,1-4H3,(H,22,25). The van der Waals surface area contributed by atoms with Crippen molar-refractivity contribution < 1.29 is 18.7 Å². The lowest BCUT2D eigenvalue weighted by atomic mass is 10.0. The Kier molecular flexibility index (Phi) is 5.34. The van der Waals surface area contributed by atoms with Gasteiger partial charge in [0.2, 0.25) is 5.88 Å². The number of nitrogens with one attached hydrogen (secondary N) is 1. The maximum Gasteiger partial charge on any atom is 0.407 e. The average molecular weight is 376 g/mol. The van der Waals surface area contributed by atoms with Gasteiger partial charge in [-0.25, -0.2) is 14.2 Å². The lowest BCUT2D eigenvalue weighted by Crippen LogP contribution is -2.46. The quantitative estimate of drug-likeness (QED) is 0.886. The third-order valence-corrected chi connectivity index (χ3v) is 4.36. The van der Waals surface area contributed by atoms with Gasteiger partial charge in [-0.3, -0.25) is 4.98 Å². The van der Waals surface area contributed by atoms with Crippen LogP contribution in [0.4, 0.5) is 14.9 Å². The number of halogens is 1. The van der Waals surface area contributed by atoms with Crippen molar-refractivity contribution in [2.45, 2.75) is 45.3 Å². The number of aromatic nitrogens is 2. The van der Waals surface area contributed by atoms with Gasteiger partial charge in [0.15, 0.2) is 5.82 Å². The van der Waals surface area contributed by atoms with E-state index in [4.69, 9.17) is 9.47 Å². The second-order valence-electron chi connectivity index (χ2n) is 7.58. The minimum Gasteiger partial charge on any atom is -0.481 e. The number of hydrogen-bond acceptors (Lipinski definition) is 6. The maximum absolute atomic E-state index is 14.6. The predicted octanol–water partition coefficient (Wildman–Crippen LogP) is 3.27. The third-order valence-electron chi connectivity index (χ3n) is 4.36. The minimum absolute atomic E-state index is 0.00485. The number of rotatable bonds is 3. The van der Waals surface area contributed by atoms with Crippen LogP contribution in [0, 0.1) is 5.82 Å². The first-order valence-electron chi connectivity index (χ1n) is 9.00. The summed E-state index contributed by atoms with van der Waals surface area (Å²) in [6.07, 6.45) is 2.17. The molecule has 0 aromatic carbocycles. The second kappa shape index (κ2) is 7.54. The molecule has 1 N–H and O–H groups in total. The molecule has 1 fully saturated rings. The number of piperidine rings is 1. The first kappa shape index (κ1) is 19.1. The van der Waals surface area contributed by atoms with Gasteiger partial charge < -0.3 is 19.7 Å². The van der Waals surface area contributed by atoms with Crippen molar-refractivity contribution in [2.24, 2.45) is 0 Å². The van der Waals surface area contributed by atoms with Crippen LogP contribution in [0.1, 0.15) is 33.6 Å². The molecule has 2 aromatic heterocycles. The van der Waals surface area contributed by atoms with E-state index in [1.807, 2.05) is 25.7 Å². The first-order chi connectivity index (χ1) is 12.8. The largest absolute Gasteiger partial charge is 0.481 e. The van der Waals surface area contributed by atoms with Crippen molar-refractivity contribution >= 4 is 22.8 Å². The number of ether oxygens (including phenoxy) is 2. The zero-order chi connectivity index (χ0) is 19.6. The number of carbonyl (C=O) groups excluding carboxylic acids is 1. The molecular weight excluding hydrogens is 351 g/mol. The normalized spacial score (nSPS) is 15.7. The van der Waals surface area contributed by atoms with Gasteiger partial charge in [-0.1, -0.05) is 0 Å². The Balaban J connectivity index is 1.73. The van der Waals surface area contributed by atoms with Crippen LogP contribution >= 0.6 is 0 Å². The highest BCUT2D eigenvalue weighted by Crippen LogP contribution is 2.30. The Labute approximate surface area is 157 Å². The smallest absolute Gasteiger partial charge is 0.407 e. The van der Waals surface area contributed by atoms with Crippen LogP contribution in [0.5, 0.6) is 5.88 Å². The molecule has 1 amide bonds. The van der Waals surface area contributed by atoms with E-state index in [1.54, 1.807) is 12.1 Å². The third kappa shape index (κ3) is 4.56. The van der Waals surface area contributed by atoms with Crippen LogP contribution in [-0.4, -0.2) is 47.9 Å². The number of fused-ring (bicyclic) bond motifs is 1. The van der Waals surface area contributed by atoms with Gasteiger partial charge in [0.05, 0.1) is 18.8 Å². The summed E-state index contributed by atoms with van der Waals surface area (Å²) in [5, 5.41) is 2.89. The van der Waals surface area contributed by atoms with Crippen molar-refractivity contribution in [1.82, 2.24) is 15.3 Å². The molecule has 0 saturated carbocycles. The predicted molar refractivity (Wildman–Crippen MR) is 101 cm³/mol. The van der Waals surface area contributed by atoms with Crippen molar-refractivity contribution in [3.63, 3.8) is 0 Å². The monoisotopic (exact) mass is 376 g/mol. The summed E-state index contributed by atoms with van der Waals surface area (Å²) in [6.45, 7) is 6.67. The van der Waals surface area contributed by atoms with E-state index in [1.165, 1.54) is 13.3 Å². The maximum atomic E-state index is 14.6. The average Bonchev–Trinajstić information content (AvgIpc) is 2.60. The number of nitrogens with zero attached hydrogens (tertiary/aromatic N) is 3. The number of amides is 1. The van der Waals surface area contributed by atoms with Gasteiger partial charge in [0, 0.05) is 25.2 Å². The highest BCUT2D eigenvalue weighted by molar-refractivity contribution is 5.88. The molecule has 0 aliphatic carbocycles. The SMILES string of the molecule is COc1ccc2ncc(F)c(N3CCC(NC(=O)OC(C)(C)C)CC3)c2n1. The Morgan fingerprint density at radius 1 is 1.30 bits per heavy atom. The van der Waals surface area contributed by atoms with Crippen LogP contribution in [0.2, 0.25) is 0 Å². The molecule has 1 aliphatic rings. The molecule has 0 radical (unpaired) electrons. The summed E-state index contributed by atoms with van der Waals surface area (Å²) in [7, 11) is 1.52. The Morgan fingerprint density at radius 2 is 2.00 bits per heavy atom. The zero-order valence-electron chi connectivity index (χ0n) is 16.1. The number of carbonyl (C=O) groups is 1. The lowest BCUT2D eigenvalue weighted by molar-refractivity contribution is 0.0497. The fraction of sp³-hybridized carbons (Fsp3) is 0.526. The second-order valence-corrected chi connectivity index (χ2v) is 7.58. The van der Waals surface area contributed by atoms with Gasteiger partial charge >= 0.3 is 6.09 Å². The minimum atomic E-state index is -0.533. The Hall–Kier alpha value is -2.64. The topological polar surface area (TPSA) is 76.6 Å².